The fourth-order valence-corrected chi connectivity index (χ4v) is 2.55. The van der Waals surface area contributed by atoms with Crippen molar-refractivity contribution in [3.05, 3.63) is 52.0 Å². The maximum absolute atomic E-state index is 12.2. The van der Waals surface area contributed by atoms with Crippen LogP contribution in [0.4, 0.5) is 11.4 Å². The lowest BCUT2D eigenvalue weighted by atomic mass is 10.1. The largest absolute Gasteiger partial charge is 0.493 e. The third-order valence-electron chi connectivity index (χ3n) is 3.21. The summed E-state index contributed by atoms with van der Waals surface area (Å²) >= 11 is 3.34. The van der Waals surface area contributed by atoms with E-state index in [-0.39, 0.29) is 5.91 Å². The van der Waals surface area contributed by atoms with E-state index in [4.69, 9.17) is 10.5 Å². The molecule has 0 atom stereocenters. The van der Waals surface area contributed by atoms with Crippen molar-refractivity contribution in [1.29, 1.82) is 0 Å². The summed E-state index contributed by atoms with van der Waals surface area (Å²) in [6, 6.07) is 10.9. The Balaban J connectivity index is 1.84. The first kappa shape index (κ1) is 13.0. The molecule has 0 saturated carbocycles. The monoisotopic (exact) mass is 332 g/mol. The molecule has 0 bridgehead atoms. The predicted molar refractivity (Wildman–Crippen MR) is 82.1 cm³/mol. The Kier molecular flexibility index (Phi) is 3.36. The van der Waals surface area contributed by atoms with Crippen molar-refractivity contribution in [2.24, 2.45) is 0 Å². The van der Waals surface area contributed by atoms with Crippen LogP contribution in [-0.2, 0) is 6.42 Å². The highest BCUT2D eigenvalue weighted by Crippen LogP contribution is 2.28. The van der Waals surface area contributed by atoms with Crippen LogP contribution >= 0.6 is 15.9 Å². The van der Waals surface area contributed by atoms with Gasteiger partial charge in [-0.15, -0.1) is 0 Å². The summed E-state index contributed by atoms with van der Waals surface area (Å²) < 4.78 is 6.26. The quantitative estimate of drug-likeness (QED) is 0.830. The fraction of sp³-hybridized carbons (Fsp3) is 0.133. The minimum absolute atomic E-state index is 0.220. The first-order valence-corrected chi connectivity index (χ1v) is 7.05. The molecule has 0 radical (unpaired) electrons. The average molecular weight is 333 g/mol. The molecule has 5 heteroatoms. The van der Waals surface area contributed by atoms with E-state index in [1.165, 1.54) is 0 Å². The molecule has 3 rings (SSSR count). The van der Waals surface area contributed by atoms with Crippen LogP contribution in [0.3, 0.4) is 0 Å². The van der Waals surface area contributed by atoms with Gasteiger partial charge in [0.15, 0.2) is 0 Å². The van der Waals surface area contributed by atoms with Gasteiger partial charge in [-0.05, 0) is 42.0 Å². The average Bonchev–Trinajstić information content (AvgIpc) is 2.89. The van der Waals surface area contributed by atoms with Crippen molar-refractivity contribution in [3.63, 3.8) is 0 Å². The van der Waals surface area contributed by atoms with Gasteiger partial charge in [0.2, 0.25) is 0 Å². The second kappa shape index (κ2) is 5.17. The summed E-state index contributed by atoms with van der Waals surface area (Å²) in [5.41, 5.74) is 8.61. The number of rotatable bonds is 2. The first-order chi connectivity index (χ1) is 9.63. The van der Waals surface area contributed by atoms with Gasteiger partial charge in [-0.2, -0.15) is 0 Å². The van der Waals surface area contributed by atoms with Gasteiger partial charge < -0.3 is 15.8 Å². The number of ether oxygens (including phenoxy) is 1. The molecule has 0 saturated heterocycles. The molecule has 1 aliphatic rings. The van der Waals surface area contributed by atoms with Gasteiger partial charge in [-0.3, -0.25) is 4.79 Å². The molecule has 0 fully saturated rings. The van der Waals surface area contributed by atoms with E-state index < -0.39 is 0 Å². The van der Waals surface area contributed by atoms with E-state index in [0.29, 0.717) is 17.9 Å². The summed E-state index contributed by atoms with van der Waals surface area (Å²) in [6.07, 6.45) is 0.873. The molecule has 0 aromatic heterocycles. The highest BCUT2D eigenvalue weighted by atomic mass is 79.9. The highest BCUT2D eigenvalue weighted by Gasteiger charge is 2.14. The van der Waals surface area contributed by atoms with E-state index >= 15 is 0 Å². The molecule has 2 aromatic rings. The molecule has 2 aromatic carbocycles. The maximum Gasteiger partial charge on any atom is 0.257 e. The molecular weight excluding hydrogens is 320 g/mol. The van der Waals surface area contributed by atoms with Gasteiger partial charge in [0.05, 0.1) is 12.2 Å². The number of carbonyl (C=O) groups is 1. The smallest absolute Gasteiger partial charge is 0.257 e. The minimum Gasteiger partial charge on any atom is -0.493 e. The molecule has 4 nitrogen and oxygen atoms in total. The zero-order valence-electron chi connectivity index (χ0n) is 10.7. The number of fused-ring (bicyclic) bond motifs is 1. The molecule has 0 unspecified atom stereocenters. The number of amides is 1. The van der Waals surface area contributed by atoms with Crippen molar-refractivity contribution >= 4 is 33.2 Å². The first-order valence-electron chi connectivity index (χ1n) is 6.25. The van der Waals surface area contributed by atoms with Gasteiger partial charge >= 0.3 is 0 Å². The van der Waals surface area contributed by atoms with Gasteiger partial charge in [0.1, 0.15) is 5.75 Å². The van der Waals surface area contributed by atoms with Crippen LogP contribution in [-0.4, -0.2) is 12.5 Å². The molecule has 0 aliphatic carbocycles. The second-order valence-electron chi connectivity index (χ2n) is 4.61. The second-order valence-corrected chi connectivity index (χ2v) is 5.52. The molecule has 1 heterocycles. The standard InChI is InChI=1S/C15H13BrN2O2/c16-10-1-3-13(17)12(8-10)15(19)18-11-2-4-14-9(7-11)5-6-20-14/h1-4,7-8H,5-6,17H2,(H,18,19). The number of anilines is 2. The third-order valence-corrected chi connectivity index (χ3v) is 3.70. The molecule has 1 aliphatic heterocycles. The van der Waals surface area contributed by atoms with E-state index in [0.717, 1.165) is 27.9 Å². The predicted octanol–water partition coefficient (Wildman–Crippen LogP) is 3.22. The Morgan fingerprint density at radius 3 is 2.95 bits per heavy atom. The van der Waals surface area contributed by atoms with Crippen molar-refractivity contribution in [3.8, 4) is 5.75 Å². The highest BCUT2D eigenvalue weighted by molar-refractivity contribution is 9.10. The van der Waals surface area contributed by atoms with Crippen LogP contribution in [0.15, 0.2) is 40.9 Å². The van der Waals surface area contributed by atoms with Gasteiger partial charge in [-0.25, -0.2) is 0 Å². The summed E-state index contributed by atoms with van der Waals surface area (Å²) in [4.78, 5) is 12.2. The number of nitrogen functional groups attached to an aromatic ring is 1. The summed E-state index contributed by atoms with van der Waals surface area (Å²) in [7, 11) is 0. The number of hydrogen-bond acceptors (Lipinski definition) is 3. The van der Waals surface area contributed by atoms with E-state index in [9.17, 15) is 4.79 Å². The Morgan fingerprint density at radius 1 is 1.25 bits per heavy atom. The summed E-state index contributed by atoms with van der Waals surface area (Å²) in [5, 5.41) is 2.86. The van der Waals surface area contributed by atoms with Crippen LogP contribution < -0.4 is 15.8 Å². The van der Waals surface area contributed by atoms with Gasteiger partial charge in [-0.1, -0.05) is 15.9 Å². The number of hydrogen-bond donors (Lipinski definition) is 2. The van der Waals surface area contributed by atoms with Crippen molar-refractivity contribution in [1.82, 2.24) is 0 Å². The zero-order chi connectivity index (χ0) is 14.1. The van der Waals surface area contributed by atoms with Crippen LogP contribution in [0, 0.1) is 0 Å². The fourth-order valence-electron chi connectivity index (χ4n) is 2.19. The molecule has 1 amide bonds. The lowest BCUT2D eigenvalue weighted by molar-refractivity contribution is 0.102. The van der Waals surface area contributed by atoms with Crippen molar-refractivity contribution in [2.75, 3.05) is 17.7 Å². The molecule has 102 valence electrons. The molecule has 3 N–H and O–H groups in total. The topological polar surface area (TPSA) is 64.4 Å². The summed E-state index contributed by atoms with van der Waals surface area (Å²) in [6.45, 7) is 0.700. The number of benzene rings is 2. The van der Waals surface area contributed by atoms with Crippen LogP contribution in [0.2, 0.25) is 0 Å². The molecular formula is C15H13BrN2O2. The Labute approximate surface area is 125 Å². The van der Waals surface area contributed by atoms with Gasteiger partial charge in [0, 0.05) is 22.3 Å². The lowest BCUT2D eigenvalue weighted by Gasteiger charge is -2.09. The Hall–Kier alpha value is -2.01. The number of nitrogens with two attached hydrogens (primary N) is 1. The maximum atomic E-state index is 12.2. The number of halogens is 1. The molecule has 0 spiro atoms. The van der Waals surface area contributed by atoms with Crippen molar-refractivity contribution in [2.45, 2.75) is 6.42 Å². The van der Waals surface area contributed by atoms with Gasteiger partial charge in [0.25, 0.3) is 5.91 Å². The minimum atomic E-state index is -0.220. The zero-order valence-corrected chi connectivity index (χ0v) is 12.2. The normalized spacial score (nSPS) is 12.7. The van der Waals surface area contributed by atoms with E-state index in [1.807, 2.05) is 18.2 Å². The number of carbonyl (C=O) groups excluding carboxylic acids is 1. The summed E-state index contributed by atoms with van der Waals surface area (Å²) in [5.74, 6) is 0.674. The van der Waals surface area contributed by atoms with Crippen molar-refractivity contribution < 1.29 is 9.53 Å². The number of nitrogens with one attached hydrogen (secondary N) is 1. The van der Waals surface area contributed by atoms with E-state index in [2.05, 4.69) is 21.2 Å². The molecule has 20 heavy (non-hydrogen) atoms. The third kappa shape index (κ3) is 2.49. The van der Waals surface area contributed by atoms with E-state index in [1.54, 1.807) is 18.2 Å². The lowest BCUT2D eigenvalue weighted by Crippen LogP contribution is -2.14. The van der Waals surface area contributed by atoms with Crippen LogP contribution in [0.5, 0.6) is 5.75 Å². The van der Waals surface area contributed by atoms with Crippen LogP contribution in [0.1, 0.15) is 15.9 Å². The Morgan fingerprint density at radius 2 is 2.10 bits per heavy atom. The SMILES string of the molecule is Nc1ccc(Br)cc1C(=O)Nc1ccc2c(c1)CCO2. The Bertz CT molecular complexity index is 686. The van der Waals surface area contributed by atoms with Crippen LogP contribution in [0.25, 0.3) is 0 Å².